The topological polar surface area (TPSA) is 54.9 Å². The molecule has 1 unspecified atom stereocenters. The van der Waals surface area contributed by atoms with Crippen molar-refractivity contribution in [3.05, 3.63) is 94.2 Å². The molecule has 5 rings (SSSR count). The second-order valence-corrected chi connectivity index (χ2v) is 13.1. The fourth-order valence-corrected chi connectivity index (χ4v) is 7.24. The first-order valence-corrected chi connectivity index (χ1v) is 16.8. The average Bonchev–Trinajstić information content (AvgIpc) is 3.44. The second-order valence-electron chi connectivity index (χ2n) is 10.9. The number of carbonyl (C=O) groups excluding carboxylic acids is 1. The summed E-state index contributed by atoms with van der Waals surface area (Å²) in [5, 5.41) is 0.678. The summed E-state index contributed by atoms with van der Waals surface area (Å²) in [7, 11) is 0. The molecule has 1 atom stereocenters. The molecule has 2 heterocycles. The number of esters is 1. The van der Waals surface area contributed by atoms with Gasteiger partial charge in [0.25, 0.3) is 0 Å². The van der Waals surface area contributed by atoms with Crippen LogP contribution in [-0.2, 0) is 28.0 Å². The number of hydrogen-bond donors (Lipinski definition) is 0. The van der Waals surface area contributed by atoms with Gasteiger partial charge < -0.3 is 14.4 Å². The third kappa shape index (κ3) is 8.59. The number of benzene rings is 3. The minimum absolute atomic E-state index is 0.261. The van der Waals surface area contributed by atoms with Crippen molar-refractivity contribution in [2.45, 2.75) is 50.2 Å². The number of halogens is 4. The highest BCUT2D eigenvalue weighted by Gasteiger charge is 2.30. The third-order valence-electron chi connectivity index (χ3n) is 7.61. The molecule has 6 nitrogen and oxygen atoms in total. The first-order valence-electron chi connectivity index (χ1n) is 15.0. The first kappa shape index (κ1) is 33.7. The minimum Gasteiger partial charge on any atom is -0.479 e. The van der Waals surface area contributed by atoms with E-state index in [4.69, 9.17) is 14.5 Å². The number of hydrogen-bond acceptors (Lipinski definition) is 8. The van der Waals surface area contributed by atoms with Crippen LogP contribution < -0.4 is 9.64 Å². The van der Waals surface area contributed by atoms with Gasteiger partial charge in [0.2, 0.25) is 0 Å². The molecule has 12 heteroatoms. The molecule has 0 aliphatic carbocycles. The van der Waals surface area contributed by atoms with E-state index < -0.39 is 23.8 Å². The number of thioether (sulfide) groups is 1. The van der Waals surface area contributed by atoms with Gasteiger partial charge in [-0.2, -0.15) is 13.2 Å². The highest BCUT2D eigenvalue weighted by molar-refractivity contribution is 7.98. The lowest BCUT2D eigenvalue weighted by atomic mass is 10.1. The second kappa shape index (κ2) is 14.9. The molecule has 0 spiro atoms. The molecule has 0 radical (unpaired) electrons. The summed E-state index contributed by atoms with van der Waals surface area (Å²) in [5.41, 5.74) is 2.73. The van der Waals surface area contributed by atoms with E-state index in [1.807, 2.05) is 25.1 Å². The molecule has 1 aliphatic rings. The van der Waals surface area contributed by atoms with E-state index in [2.05, 4.69) is 9.80 Å². The molecule has 1 fully saturated rings. The van der Waals surface area contributed by atoms with Gasteiger partial charge >= 0.3 is 12.1 Å². The third-order valence-corrected chi connectivity index (χ3v) is 9.96. The lowest BCUT2D eigenvalue weighted by Crippen LogP contribution is -2.46. The Morgan fingerprint density at radius 2 is 1.72 bits per heavy atom. The number of nitrogens with zero attached hydrogens (tertiary/aromatic N) is 3. The molecule has 244 valence electrons. The van der Waals surface area contributed by atoms with Crippen molar-refractivity contribution in [2.24, 2.45) is 0 Å². The van der Waals surface area contributed by atoms with Gasteiger partial charge in [-0.1, -0.05) is 12.1 Å². The standard InChI is InChI=1S/C34H35F4N3O3S2/c1-4-43-33(42)23(3)44-30-14-13-28(19-22(30)2)45-21-31-29(39-32(46-31)24-5-7-25(8-6-24)34(36,37)38)20-40-15-17-41(18-16-40)27-11-9-26(35)10-12-27/h5-14,19,23H,4,15-18,20-21H2,1-3H3. The summed E-state index contributed by atoms with van der Waals surface area (Å²) in [6, 6.07) is 17.4. The van der Waals surface area contributed by atoms with Crippen LogP contribution in [-0.4, -0.2) is 54.7 Å². The van der Waals surface area contributed by atoms with Gasteiger partial charge in [0.1, 0.15) is 16.6 Å². The maximum atomic E-state index is 13.4. The summed E-state index contributed by atoms with van der Waals surface area (Å²) >= 11 is 3.13. The largest absolute Gasteiger partial charge is 0.479 e. The van der Waals surface area contributed by atoms with Gasteiger partial charge in [0, 0.05) is 59.5 Å². The fourth-order valence-electron chi connectivity index (χ4n) is 5.06. The maximum absolute atomic E-state index is 13.4. The summed E-state index contributed by atoms with van der Waals surface area (Å²) in [5.74, 6) is 0.553. The van der Waals surface area contributed by atoms with Gasteiger partial charge in [-0.3, -0.25) is 4.90 Å². The van der Waals surface area contributed by atoms with Crippen LogP contribution in [0.3, 0.4) is 0 Å². The Hall–Kier alpha value is -3.61. The molecule has 0 amide bonds. The van der Waals surface area contributed by atoms with E-state index in [1.54, 1.807) is 37.7 Å². The lowest BCUT2D eigenvalue weighted by Gasteiger charge is -2.36. The summed E-state index contributed by atoms with van der Waals surface area (Å²) in [6.07, 6.45) is -5.13. The molecule has 1 aromatic heterocycles. The Labute approximate surface area is 274 Å². The van der Waals surface area contributed by atoms with Crippen molar-refractivity contribution in [1.82, 2.24) is 9.88 Å². The van der Waals surface area contributed by atoms with Gasteiger partial charge in [-0.25, -0.2) is 14.2 Å². The molecule has 46 heavy (non-hydrogen) atoms. The van der Waals surface area contributed by atoms with Crippen LogP contribution in [0.25, 0.3) is 10.6 Å². The molecule has 1 saturated heterocycles. The molecule has 3 aromatic carbocycles. The zero-order chi connectivity index (χ0) is 32.8. The number of rotatable bonds is 11. The molecular weight excluding hydrogens is 639 g/mol. The maximum Gasteiger partial charge on any atom is 0.416 e. The van der Waals surface area contributed by atoms with E-state index in [0.717, 1.165) is 65.0 Å². The van der Waals surface area contributed by atoms with Crippen LogP contribution in [0.1, 0.15) is 35.5 Å². The van der Waals surface area contributed by atoms with Gasteiger partial charge in [-0.05, 0) is 80.9 Å². The number of anilines is 1. The molecule has 1 aliphatic heterocycles. The number of aromatic nitrogens is 1. The highest BCUT2D eigenvalue weighted by Crippen LogP contribution is 2.37. The van der Waals surface area contributed by atoms with Crippen LogP contribution in [0.5, 0.6) is 5.75 Å². The fraction of sp³-hybridized carbons (Fsp3) is 0.353. The monoisotopic (exact) mass is 673 g/mol. The predicted octanol–water partition coefficient (Wildman–Crippen LogP) is 8.22. The lowest BCUT2D eigenvalue weighted by molar-refractivity contribution is -0.150. The number of piperazine rings is 1. The molecule has 4 aromatic rings. The van der Waals surface area contributed by atoms with Crippen molar-refractivity contribution in [3.63, 3.8) is 0 Å². The highest BCUT2D eigenvalue weighted by atomic mass is 32.2. The molecule has 0 N–H and O–H groups in total. The molecule has 0 bridgehead atoms. The normalized spacial score (nSPS) is 14.7. The SMILES string of the molecule is CCOC(=O)C(C)Oc1ccc(SCc2sc(-c3ccc(C(F)(F)F)cc3)nc2CN2CCN(c3ccc(F)cc3)CC2)cc1C. The van der Waals surface area contributed by atoms with Gasteiger partial charge in [0.05, 0.1) is 17.9 Å². The summed E-state index contributed by atoms with van der Waals surface area (Å²) in [4.78, 5) is 23.5. The number of carbonyl (C=O) groups is 1. The van der Waals surface area contributed by atoms with Crippen LogP contribution in [0.2, 0.25) is 0 Å². The average molecular weight is 674 g/mol. The number of alkyl halides is 3. The Balaban J connectivity index is 1.30. The zero-order valence-electron chi connectivity index (χ0n) is 25.8. The quantitative estimate of drug-likeness (QED) is 0.0904. The van der Waals surface area contributed by atoms with Gasteiger partial charge in [-0.15, -0.1) is 23.1 Å². The Bertz CT molecular complexity index is 1620. The van der Waals surface area contributed by atoms with E-state index in [-0.39, 0.29) is 12.4 Å². The first-order chi connectivity index (χ1) is 22.0. The van der Waals surface area contributed by atoms with E-state index in [0.29, 0.717) is 28.6 Å². The predicted molar refractivity (Wildman–Crippen MR) is 174 cm³/mol. The Kier molecular flexibility index (Phi) is 10.9. The van der Waals surface area contributed by atoms with Crippen molar-refractivity contribution in [2.75, 3.05) is 37.7 Å². The van der Waals surface area contributed by atoms with Crippen LogP contribution in [0.4, 0.5) is 23.2 Å². The minimum atomic E-state index is -4.40. The number of thiazole rings is 1. The van der Waals surface area contributed by atoms with Crippen LogP contribution >= 0.6 is 23.1 Å². The zero-order valence-corrected chi connectivity index (χ0v) is 27.4. The smallest absolute Gasteiger partial charge is 0.416 e. The van der Waals surface area contributed by atoms with Crippen molar-refractivity contribution < 1.29 is 31.8 Å². The van der Waals surface area contributed by atoms with Crippen molar-refractivity contribution in [1.29, 1.82) is 0 Å². The van der Waals surface area contributed by atoms with Crippen LogP contribution in [0, 0.1) is 12.7 Å². The summed E-state index contributed by atoms with van der Waals surface area (Å²) < 4.78 is 63.8. The summed E-state index contributed by atoms with van der Waals surface area (Å²) in [6.45, 7) is 9.38. The Morgan fingerprint density at radius 3 is 2.35 bits per heavy atom. The van der Waals surface area contributed by atoms with E-state index in [1.165, 1.54) is 35.6 Å². The molecule has 0 saturated carbocycles. The number of aryl methyl sites for hydroxylation is 1. The van der Waals surface area contributed by atoms with Crippen molar-refractivity contribution >= 4 is 34.8 Å². The van der Waals surface area contributed by atoms with E-state index in [9.17, 15) is 22.4 Å². The number of ether oxygens (including phenoxy) is 2. The van der Waals surface area contributed by atoms with Crippen molar-refractivity contribution in [3.8, 4) is 16.3 Å². The molecular formula is C34H35F4N3O3S2. The van der Waals surface area contributed by atoms with Crippen LogP contribution in [0.15, 0.2) is 71.6 Å². The van der Waals surface area contributed by atoms with E-state index >= 15 is 0 Å². The van der Waals surface area contributed by atoms with Gasteiger partial charge in [0.15, 0.2) is 6.10 Å². The Morgan fingerprint density at radius 1 is 1.02 bits per heavy atom.